The normalized spacial score (nSPS) is 20.3. The Hall–Kier alpha value is -4.32. The van der Waals surface area contributed by atoms with Crippen LogP contribution in [0.4, 0.5) is 0 Å². The van der Waals surface area contributed by atoms with Crippen LogP contribution in [0.25, 0.3) is 0 Å². The fraction of sp³-hybridized carbons (Fsp3) is 0.671. The van der Waals surface area contributed by atoms with Crippen molar-refractivity contribution in [3.8, 4) is 23.0 Å². The van der Waals surface area contributed by atoms with Gasteiger partial charge in [0.15, 0.2) is 0 Å². The lowest BCUT2D eigenvalue weighted by Gasteiger charge is -2.43. The Morgan fingerprint density at radius 2 is 0.483 bits per heavy atom. The summed E-state index contributed by atoms with van der Waals surface area (Å²) in [5.74, 6) is 3.19. The van der Waals surface area contributed by atoms with Gasteiger partial charge >= 0.3 is 0 Å². The predicted molar refractivity (Wildman–Crippen MR) is 337 cm³/mol. The largest absolute Gasteiger partial charge is 0.493 e. The van der Waals surface area contributed by atoms with Crippen molar-refractivity contribution in [2.75, 3.05) is 159 Å². The highest BCUT2D eigenvalue weighted by molar-refractivity contribution is 5.61. The first-order chi connectivity index (χ1) is 42.3. The van der Waals surface area contributed by atoms with Crippen LogP contribution in [0.5, 0.6) is 23.0 Å². The Kier molecular flexibility index (Phi) is 21.8. The first-order valence-electron chi connectivity index (χ1n) is 33.0. The second kappa shape index (κ2) is 28.9. The first-order valence-corrected chi connectivity index (χ1v) is 33.0. The fourth-order valence-corrected chi connectivity index (χ4v) is 12.6. The van der Waals surface area contributed by atoms with Crippen LogP contribution in [0.1, 0.15) is 129 Å². The van der Waals surface area contributed by atoms with Gasteiger partial charge in [0, 0.05) is 21.7 Å². The van der Waals surface area contributed by atoms with Crippen molar-refractivity contribution in [1.29, 1.82) is 0 Å². The van der Waals surface area contributed by atoms with Gasteiger partial charge < -0.3 is 66.3 Å². The molecule has 10 rings (SSSR count). The average Bonchev–Trinajstić information content (AvgIpc) is 3.60. The molecule has 0 amide bonds. The van der Waals surface area contributed by atoms with Gasteiger partial charge in [0.1, 0.15) is 23.0 Å². The lowest BCUT2D eigenvalue weighted by Crippen LogP contribution is -2.48. The molecule has 4 aromatic rings. The van der Waals surface area contributed by atoms with E-state index < -0.39 is 5.41 Å². The molecule has 0 saturated carbocycles. The van der Waals surface area contributed by atoms with Crippen LogP contribution in [0.3, 0.4) is 0 Å². The van der Waals surface area contributed by atoms with Gasteiger partial charge in [-0.25, -0.2) is 0 Å². The minimum Gasteiger partial charge on any atom is -0.493 e. The molecule has 87 heavy (non-hydrogen) atoms. The minimum absolute atomic E-state index is 0.0371. The molecule has 0 N–H and O–H groups in total. The number of hydrogen-bond donors (Lipinski definition) is 0. The summed E-state index contributed by atoms with van der Waals surface area (Å²) in [7, 11) is 0. The summed E-state index contributed by atoms with van der Waals surface area (Å²) in [6.45, 7) is 33.3. The molecule has 4 aromatic carbocycles. The van der Waals surface area contributed by atoms with Crippen LogP contribution in [-0.4, -0.2) is 159 Å². The Labute approximate surface area is 520 Å². The van der Waals surface area contributed by atoms with Crippen LogP contribution < -0.4 is 18.9 Å². The van der Waals surface area contributed by atoms with E-state index in [1.54, 1.807) is 0 Å². The van der Waals surface area contributed by atoms with Crippen molar-refractivity contribution in [1.82, 2.24) is 0 Å². The van der Waals surface area contributed by atoms with Crippen molar-refractivity contribution in [2.45, 2.75) is 112 Å². The Bertz CT molecular complexity index is 2430. The van der Waals surface area contributed by atoms with Gasteiger partial charge in [0.2, 0.25) is 0 Å². The zero-order valence-electron chi connectivity index (χ0n) is 54.1. The topological polar surface area (TPSA) is 129 Å². The molecule has 0 atom stereocenters. The van der Waals surface area contributed by atoms with E-state index in [1.165, 1.54) is 0 Å². The smallest absolute Gasteiger partial charge is 0.119 e. The number of ether oxygens (including phenoxy) is 14. The molecule has 6 aliphatic heterocycles. The summed E-state index contributed by atoms with van der Waals surface area (Å²) >= 11 is 0. The van der Waals surface area contributed by atoms with Crippen molar-refractivity contribution in [3.63, 3.8) is 0 Å². The van der Waals surface area contributed by atoms with Crippen molar-refractivity contribution in [3.05, 3.63) is 119 Å². The second-order valence-electron chi connectivity index (χ2n) is 27.8. The molecule has 0 radical (unpaired) electrons. The maximum atomic E-state index is 6.92. The molecule has 0 unspecified atom stereocenters. The van der Waals surface area contributed by atoms with Crippen molar-refractivity contribution < 1.29 is 66.3 Å². The van der Waals surface area contributed by atoms with E-state index in [-0.39, 0.29) is 43.3 Å². The van der Waals surface area contributed by atoms with Gasteiger partial charge in [0.05, 0.1) is 186 Å². The monoisotopic (exact) mass is 1200 g/mol. The zero-order chi connectivity index (χ0) is 61.0. The number of rotatable bonds is 40. The van der Waals surface area contributed by atoms with E-state index in [2.05, 4.69) is 152 Å². The molecule has 6 saturated heterocycles. The van der Waals surface area contributed by atoms with Gasteiger partial charge in [-0.15, -0.1) is 0 Å². The first kappa shape index (κ1) is 65.6. The van der Waals surface area contributed by atoms with E-state index in [9.17, 15) is 0 Å². The lowest BCUT2D eigenvalue weighted by molar-refractivity contribution is -0.174. The van der Waals surface area contributed by atoms with E-state index in [0.717, 1.165) is 149 Å². The molecule has 6 fully saturated rings. The molecule has 0 aliphatic carbocycles. The summed E-state index contributed by atoms with van der Waals surface area (Å²) in [6.07, 6.45) is 7.71. The maximum Gasteiger partial charge on any atom is 0.119 e. The standard InChI is InChI=1S/C73H104O14/c1-9-65(33-74-34-65)41-78-45-69(13-5,46-79-42-66(10-2)35-75-36-66)53-84-61-25-17-57(18-26-61)73(59-21-29-63(30-22-59)86-55-71(15-7)49-82-50-71,60-23-31-64(32-24-60)87-56-72(16-8)51-83-52-72)58-19-27-62(28-20-58)85-54-70(14-6,47-80-43-67(11-3)37-76-38-67)48-81-44-68(12-4)39-77-40-68/h17-32H,9-16,33-56H2,1-8H3. The summed E-state index contributed by atoms with van der Waals surface area (Å²) in [4.78, 5) is 0. The van der Waals surface area contributed by atoms with E-state index in [1.807, 2.05) is 0 Å². The fourth-order valence-electron chi connectivity index (χ4n) is 12.6. The highest BCUT2D eigenvalue weighted by atomic mass is 16.6. The number of hydrogen-bond acceptors (Lipinski definition) is 14. The van der Waals surface area contributed by atoms with Crippen LogP contribution in [-0.2, 0) is 52.8 Å². The van der Waals surface area contributed by atoms with E-state index in [0.29, 0.717) is 106 Å². The molecule has 6 aliphatic rings. The average molecular weight is 1210 g/mol. The molecule has 0 aromatic heterocycles. The Balaban J connectivity index is 0.969. The minimum atomic E-state index is -0.835. The number of benzene rings is 4. The molecule has 14 nitrogen and oxygen atoms in total. The summed E-state index contributed by atoms with van der Waals surface area (Å²) in [5.41, 5.74) is 3.03. The summed E-state index contributed by atoms with van der Waals surface area (Å²) in [5, 5.41) is 0. The maximum absolute atomic E-state index is 6.92. The molecular weight excluding hydrogens is 1100 g/mol. The summed E-state index contributed by atoms with van der Waals surface area (Å²) < 4.78 is 87.5. The third kappa shape index (κ3) is 14.7. The van der Waals surface area contributed by atoms with Crippen molar-refractivity contribution >= 4 is 0 Å². The molecular formula is C73H104O14. The van der Waals surface area contributed by atoms with Crippen molar-refractivity contribution in [2.24, 2.45) is 43.3 Å². The quantitative estimate of drug-likeness (QED) is 0.0392. The molecule has 0 spiro atoms. The van der Waals surface area contributed by atoms with Crippen LogP contribution in [0, 0.1) is 43.3 Å². The second-order valence-corrected chi connectivity index (χ2v) is 27.8. The van der Waals surface area contributed by atoms with Crippen LogP contribution in [0.15, 0.2) is 97.1 Å². The predicted octanol–water partition coefficient (Wildman–Crippen LogP) is 13.0. The van der Waals surface area contributed by atoms with Gasteiger partial charge in [-0.1, -0.05) is 104 Å². The molecule has 14 heteroatoms. The zero-order valence-corrected chi connectivity index (χ0v) is 54.1. The molecule has 480 valence electrons. The SMILES string of the molecule is CCC1(COCC(CC)(COCC2(CC)COC2)COc2ccc(C(c3ccc(OCC(CC)(COCC4(CC)COC4)COCC4(CC)COC4)cc3)(c3ccc(OCC4(CC)COC4)cc3)c3ccc(OCC4(CC)COC4)cc3)cc2)COC1. The highest BCUT2D eigenvalue weighted by Crippen LogP contribution is 2.48. The van der Waals surface area contributed by atoms with Crippen LogP contribution >= 0.6 is 0 Å². The van der Waals surface area contributed by atoms with E-state index in [4.69, 9.17) is 66.3 Å². The van der Waals surface area contributed by atoms with Gasteiger partial charge in [-0.05, 0) is 122 Å². The summed E-state index contributed by atoms with van der Waals surface area (Å²) in [6, 6.07) is 34.8. The van der Waals surface area contributed by atoms with Gasteiger partial charge in [-0.2, -0.15) is 0 Å². The molecule has 6 heterocycles. The third-order valence-corrected chi connectivity index (χ3v) is 21.5. The van der Waals surface area contributed by atoms with E-state index >= 15 is 0 Å². The third-order valence-electron chi connectivity index (χ3n) is 21.5. The Morgan fingerprint density at radius 3 is 0.667 bits per heavy atom. The van der Waals surface area contributed by atoms with Crippen LogP contribution in [0.2, 0.25) is 0 Å². The lowest BCUT2D eigenvalue weighted by atomic mass is 9.65. The van der Waals surface area contributed by atoms with Gasteiger partial charge in [-0.3, -0.25) is 0 Å². The van der Waals surface area contributed by atoms with Gasteiger partial charge in [0.25, 0.3) is 0 Å². The highest BCUT2D eigenvalue weighted by Gasteiger charge is 2.45. The Morgan fingerprint density at radius 1 is 0.276 bits per heavy atom. The molecule has 0 bridgehead atoms.